The fraction of sp³-hybridized carbons (Fsp3) is 0.591. The second-order valence-electron chi connectivity index (χ2n) is 7.79. The Morgan fingerprint density at radius 3 is 2.57 bits per heavy atom. The summed E-state index contributed by atoms with van der Waals surface area (Å²) in [5.74, 6) is 2.24. The molecular weight excluding hydrogens is 368 g/mol. The number of para-hydroxylation sites is 1. The summed E-state index contributed by atoms with van der Waals surface area (Å²) in [6.07, 6.45) is 9.06. The zero-order valence-corrected chi connectivity index (χ0v) is 18.1. The van der Waals surface area contributed by atoms with E-state index < -0.39 is 0 Å². The summed E-state index contributed by atoms with van der Waals surface area (Å²) < 4.78 is 2.17. The minimum Gasteiger partial charge on any atom is -0.325 e. The number of benzene rings is 1. The van der Waals surface area contributed by atoms with Gasteiger partial charge in [0.1, 0.15) is 5.82 Å². The zero-order chi connectivity index (χ0) is 19.9. The second kappa shape index (κ2) is 10.1. The Bertz CT molecular complexity index is 776. The van der Waals surface area contributed by atoms with E-state index in [1.165, 1.54) is 50.3 Å². The smallest absolute Gasteiger partial charge is 0.234 e. The van der Waals surface area contributed by atoms with Crippen molar-refractivity contribution in [1.29, 1.82) is 0 Å². The molecule has 3 rings (SSSR count). The van der Waals surface area contributed by atoms with Crippen LogP contribution in [-0.4, -0.2) is 26.4 Å². The molecule has 0 unspecified atom stereocenters. The number of nitrogens with one attached hydrogen (secondary N) is 1. The van der Waals surface area contributed by atoms with E-state index in [0.717, 1.165) is 46.7 Å². The third-order valence-electron chi connectivity index (χ3n) is 5.69. The number of thioether (sulfide) groups is 1. The van der Waals surface area contributed by atoms with Crippen LogP contribution in [0.25, 0.3) is 0 Å². The highest BCUT2D eigenvalue weighted by molar-refractivity contribution is 7.99. The summed E-state index contributed by atoms with van der Waals surface area (Å²) in [6.45, 7) is 6.99. The molecule has 0 radical (unpaired) electrons. The Kier molecular flexibility index (Phi) is 7.54. The van der Waals surface area contributed by atoms with Gasteiger partial charge in [0.2, 0.25) is 5.91 Å². The lowest BCUT2D eigenvalue weighted by molar-refractivity contribution is -0.113. The first-order chi connectivity index (χ1) is 13.6. The van der Waals surface area contributed by atoms with Gasteiger partial charge in [0.25, 0.3) is 0 Å². The highest BCUT2D eigenvalue weighted by atomic mass is 32.2. The van der Waals surface area contributed by atoms with Crippen LogP contribution < -0.4 is 5.32 Å². The lowest BCUT2D eigenvalue weighted by Gasteiger charge is -2.21. The Labute approximate surface area is 172 Å². The van der Waals surface area contributed by atoms with Crippen molar-refractivity contribution in [3.8, 4) is 0 Å². The van der Waals surface area contributed by atoms with E-state index in [9.17, 15) is 4.79 Å². The van der Waals surface area contributed by atoms with E-state index in [4.69, 9.17) is 0 Å². The van der Waals surface area contributed by atoms with Crippen LogP contribution in [-0.2, 0) is 17.8 Å². The number of carbonyl (C=O) groups is 1. The van der Waals surface area contributed by atoms with E-state index in [0.29, 0.717) is 5.75 Å². The Morgan fingerprint density at radius 1 is 1.18 bits per heavy atom. The summed E-state index contributed by atoms with van der Waals surface area (Å²) >= 11 is 1.47. The molecule has 1 aromatic carbocycles. The van der Waals surface area contributed by atoms with Crippen molar-refractivity contribution in [2.75, 3.05) is 11.1 Å². The van der Waals surface area contributed by atoms with E-state index in [1.807, 2.05) is 32.0 Å². The van der Waals surface area contributed by atoms with Crippen LogP contribution in [0.4, 0.5) is 5.69 Å². The molecule has 2 aromatic rings. The summed E-state index contributed by atoms with van der Waals surface area (Å²) in [7, 11) is 0. The number of hydrogen-bond acceptors (Lipinski definition) is 4. The standard InChI is InChI=1S/C22H32N4OS/c1-4-26-19(14-13-18-11-6-5-7-12-18)24-25-22(26)28-15-20(27)23-21-16(2)9-8-10-17(21)3/h8-10,18H,4-7,11-15H2,1-3H3,(H,23,27). The van der Waals surface area contributed by atoms with Crippen LogP contribution in [0, 0.1) is 19.8 Å². The van der Waals surface area contributed by atoms with Gasteiger partial charge in [0.05, 0.1) is 5.75 Å². The van der Waals surface area contributed by atoms with E-state index in [-0.39, 0.29) is 5.91 Å². The van der Waals surface area contributed by atoms with Crippen molar-refractivity contribution in [2.45, 2.75) is 77.4 Å². The first-order valence-electron chi connectivity index (χ1n) is 10.5. The number of amides is 1. The van der Waals surface area contributed by atoms with Crippen molar-refractivity contribution in [2.24, 2.45) is 5.92 Å². The summed E-state index contributed by atoms with van der Waals surface area (Å²) in [5.41, 5.74) is 3.08. The highest BCUT2D eigenvalue weighted by Crippen LogP contribution is 2.28. The van der Waals surface area contributed by atoms with Gasteiger partial charge in [-0.05, 0) is 44.2 Å². The van der Waals surface area contributed by atoms with Gasteiger partial charge in [-0.3, -0.25) is 4.79 Å². The molecule has 1 saturated carbocycles. The Morgan fingerprint density at radius 2 is 1.89 bits per heavy atom. The largest absolute Gasteiger partial charge is 0.325 e. The van der Waals surface area contributed by atoms with Crippen molar-refractivity contribution in [1.82, 2.24) is 14.8 Å². The first-order valence-corrected chi connectivity index (χ1v) is 11.5. The van der Waals surface area contributed by atoms with Gasteiger partial charge in [-0.25, -0.2) is 0 Å². The maximum Gasteiger partial charge on any atom is 0.234 e. The molecule has 1 heterocycles. The van der Waals surface area contributed by atoms with Crippen LogP contribution in [0.3, 0.4) is 0 Å². The van der Waals surface area contributed by atoms with E-state index >= 15 is 0 Å². The average molecular weight is 401 g/mol. The molecule has 152 valence electrons. The van der Waals surface area contributed by atoms with Gasteiger partial charge in [-0.2, -0.15) is 0 Å². The molecule has 6 heteroatoms. The summed E-state index contributed by atoms with van der Waals surface area (Å²) in [5, 5.41) is 12.7. The molecule has 0 bridgehead atoms. The summed E-state index contributed by atoms with van der Waals surface area (Å²) in [4.78, 5) is 12.4. The minimum atomic E-state index is -0.00295. The minimum absolute atomic E-state index is 0.00295. The first kappa shape index (κ1) is 20.9. The van der Waals surface area contributed by atoms with Gasteiger partial charge in [0.15, 0.2) is 5.16 Å². The van der Waals surface area contributed by atoms with E-state index in [2.05, 4.69) is 27.0 Å². The maximum absolute atomic E-state index is 12.4. The number of aromatic nitrogens is 3. The molecule has 0 saturated heterocycles. The fourth-order valence-electron chi connectivity index (χ4n) is 4.05. The number of anilines is 1. The maximum atomic E-state index is 12.4. The molecule has 5 nitrogen and oxygen atoms in total. The van der Waals surface area contributed by atoms with E-state index in [1.54, 1.807) is 0 Å². The SMILES string of the molecule is CCn1c(CCC2CCCCC2)nnc1SCC(=O)Nc1c(C)cccc1C. The van der Waals surface area contributed by atoms with Gasteiger partial charge < -0.3 is 9.88 Å². The molecule has 1 amide bonds. The molecule has 1 aliphatic rings. The third kappa shape index (κ3) is 5.37. The van der Waals surface area contributed by atoms with Crippen LogP contribution in [0.1, 0.15) is 62.4 Å². The van der Waals surface area contributed by atoms with Crippen LogP contribution in [0.5, 0.6) is 0 Å². The third-order valence-corrected chi connectivity index (χ3v) is 6.66. The van der Waals surface area contributed by atoms with Crippen LogP contribution in [0.2, 0.25) is 0 Å². The predicted octanol–water partition coefficient (Wildman–Crippen LogP) is 5.16. The molecule has 1 aromatic heterocycles. The molecule has 28 heavy (non-hydrogen) atoms. The second-order valence-corrected chi connectivity index (χ2v) is 8.73. The fourth-order valence-corrected chi connectivity index (χ4v) is 4.88. The number of carbonyl (C=O) groups excluding carboxylic acids is 1. The molecule has 1 aliphatic carbocycles. The quantitative estimate of drug-likeness (QED) is 0.622. The lowest BCUT2D eigenvalue weighted by atomic mass is 9.86. The molecule has 0 atom stereocenters. The highest BCUT2D eigenvalue weighted by Gasteiger charge is 2.17. The number of rotatable bonds is 8. The zero-order valence-electron chi connectivity index (χ0n) is 17.3. The normalized spacial score (nSPS) is 15.0. The molecule has 1 fully saturated rings. The van der Waals surface area contributed by atoms with Gasteiger partial charge in [-0.15, -0.1) is 10.2 Å². The molecular formula is C22H32N4OS. The number of nitrogens with zero attached hydrogens (tertiary/aromatic N) is 3. The van der Waals surface area contributed by atoms with Crippen LogP contribution in [0.15, 0.2) is 23.4 Å². The molecule has 0 aliphatic heterocycles. The monoisotopic (exact) mass is 400 g/mol. The summed E-state index contributed by atoms with van der Waals surface area (Å²) in [6, 6.07) is 6.04. The predicted molar refractivity (Wildman–Crippen MR) is 116 cm³/mol. The van der Waals surface area contributed by atoms with Crippen molar-refractivity contribution >= 4 is 23.4 Å². The Hall–Kier alpha value is -1.82. The van der Waals surface area contributed by atoms with Gasteiger partial charge in [0, 0.05) is 18.7 Å². The lowest BCUT2D eigenvalue weighted by Crippen LogP contribution is -2.16. The topological polar surface area (TPSA) is 59.8 Å². The van der Waals surface area contributed by atoms with Gasteiger partial charge >= 0.3 is 0 Å². The average Bonchev–Trinajstić information content (AvgIpc) is 3.10. The Balaban J connectivity index is 1.55. The van der Waals surface area contributed by atoms with Crippen LogP contribution >= 0.6 is 11.8 Å². The van der Waals surface area contributed by atoms with Gasteiger partial charge in [-0.1, -0.05) is 62.1 Å². The molecule has 1 N–H and O–H groups in total. The van der Waals surface area contributed by atoms with Crippen molar-refractivity contribution < 1.29 is 4.79 Å². The van der Waals surface area contributed by atoms with Crippen molar-refractivity contribution in [3.63, 3.8) is 0 Å². The molecule has 0 spiro atoms. The number of aryl methyl sites for hydroxylation is 3. The van der Waals surface area contributed by atoms with Crippen molar-refractivity contribution in [3.05, 3.63) is 35.2 Å². The number of hydrogen-bond donors (Lipinski definition) is 1.